The summed E-state index contributed by atoms with van der Waals surface area (Å²) in [4.78, 5) is 4.65. The van der Waals surface area contributed by atoms with Gasteiger partial charge >= 0.3 is 0 Å². The molecule has 0 saturated heterocycles. The van der Waals surface area contributed by atoms with Gasteiger partial charge in [-0.3, -0.25) is 0 Å². The molecular formula is C19H30IN3O2S. The molecule has 0 bridgehead atoms. The molecule has 0 radical (unpaired) electrons. The number of hydrogen-bond donors (Lipinski definition) is 2. The predicted molar refractivity (Wildman–Crippen MR) is 123 cm³/mol. The predicted octanol–water partition coefficient (Wildman–Crippen LogP) is 3.52. The van der Waals surface area contributed by atoms with Gasteiger partial charge in [-0.15, -0.1) is 30.4 Å². The van der Waals surface area contributed by atoms with Crippen molar-refractivity contribution in [3.63, 3.8) is 0 Å². The maximum Gasteiger partial charge on any atom is 0.191 e. The second kappa shape index (κ2) is 13.0. The first-order chi connectivity index (χ1) is 12.0. The Kier molecular flexibility index (Phi) is 12.3. The minimum Gasteiger partial charge on any atom is -0.493 e. The van der Waals surface area contributed by atoms with E-state index in [1.807, 2.05) is 30.0 Å². The van der Waals surface area contributed by atoms with E-state index in [1.165, 1.54) is 0 Å². The number of hydrogen-bond acceptors (Lipinski definition) is 4. The fourth-order valence-electron chi connectivity index (χ4n) is 1.93. The van der Waals surface area contributed by atoms with Crippen LogP contribution in [0.1, 0.15) is 26.3 Å². The maximum atomic E-state index is 5.54. The summed E-state index contributed by atoms with van der Waals surface area (Å²) >= 11 is 1.82. The Morgan fingerprint density at radius 3 is 2.62 bits per heavy atom. The van der Waals surface area contributed by atoms with Crippen molar-refractivity contribution in [2.24, 2.45) is 4.99 Å². The largest absolute Gasteiger partial charge is 0.493 e. The first-order valence-corrected chi connectivity index (χ1v) is 9.48. The number of aliphatic imine (C=N–C) groups is 1. The van der Waals surface area contributed by atoms with E-state index in [1.54, 1.807) is 7.11 Å². The Bertz CT molecular complexity index is 615. The van der Waals surface area contributed by atoms with E-state index in [4.69, 9.17) is 15.9 Å². The molecule has 0 heterocycles. The molecule has 0 aromatic heterocycles. The molecular weight excluding hydrogens is 461 g/mol. The van der Waals surface area contributed by atoms with Gasteiger partial charge in [0.25, 0.3) is 0 Å². The first kappa shape index (κ1) is 24.7. The van der Waals surface area contributed by atoms with E-state index in [-0.39, 0.29) is 35.3 Å². The molecule has 0 aliphatic rings. The molecule has 0 unspecified atom stereocenters. The quantitative estimate of drug-likeness (QED) is 0.240. The zero-order valence-electron chi connectivity index (χ0n) is 16.2. The van der Waals surface area contributed by atoms with Crippen molar-refractivity contribution in [1.29, 1.82) is 0 Å². The molecule has 0 amide bonds. The molecule has 146 valence electrons. The first-order valence-electron chi connectivity index (χ1n) is 8.26. The molecule has 0 fully saturated rings. The average Bonchev–Trinajstić information content (AvgIpc) is 2.62. The standard InChI is InChI=1S/C19H29N3O2S.HI/c1-7-11-24-17-12-15(9-10-16(17)23-5)13-21-18(20-8-2)22-14-19(3,4)25-6;/h1,9-10,12H,8,11,13-14H2,2-6H3,(H2,20,21,22);1H. The molecule has 7 heteroatoms. The summed E-state index contributed by atoms with van der Waals surface area (Å²) in [5, 5.41) is 6.66. The van der Waals surface area contributed by atoms with Crippen molar-refractivity contribution in [1.82, 2.24) is 10.6 Å². The molecule has 0 spiro atoms. The van der Waals surface area contributed by atoms with Gasteiger partial charge in [0.1, 0.15) is 6.61 Å². The number of guanidine groups is 1. The highest BCUT2D eigenvalue weighted by atomic mass is 127. The maximum absolute atomic E-state index is 5.54. The van der Waals surface area contributed by atoms with Crippen LogP contribution in [0.25, 0.3) is 0 Å². The normalized spacial score (nSPS) is 11.2. The SMILES string of the molecule is C#CCOc1cc(CN=C(NCC)NCC(C)(C)SC)ccc1OC.I. The molecule has 0 atom stereocenters. The van der Waals surface area contributed by atoms with Crippen LogP contribution < -0.4 is 20.1 Å². The van der Waals surface area contributed by atoms with Gasteiger partial charge in [-0.25, -0.2) is 4.99 Å². The van der Waals surface area contributed by atoms with Crippen LogP contribution in [0, 0.1) is 12.3 Å². The number of nitrogens with one attached hydrogen (secondary N) is 2. The van der Waals surface area contributed by atoms with Crippen molar-refractivity contribution in [2.75, 3.05) is 33.1 Å². The molecule has 1 rings (SSSR count). The number of halogens is 1. The van der Waals surface area contributed by atoms with E-state index in [0.29, 0.717) is 18.0 Å². The van der Waals surface area contributed by atoms with Crippen LogP contribution in [0.2, 0.25) is 0 Å². The van der Waals surface area contributed by atoms with E-state index in [2.05, 4.69) is 48.6 Å². The molecule has 26 heavy (non-hydrogen) atoms. The number of rotatable bonds is 9. The van der Waals surface area contributed by atoms with E-state index >= 15 is 0 Å². The zero-order valence-corrected chi connectivity index (χ0v) is 19.4. The third kappa shape index (κ3) is 8.90. The van der Waals surface area contributed by atoms with Gasteiger partial charge in [-0.1, -0.05) is 12.0 Å². The van der Waals surface area contributed by atoms with Crippen LogP contribution in [0.3, 0.4) is 0 Å². The van der Waals surface area contributed by atoms with Crippen LogP contribution >= 0.6 is 35.7 Å². The van der Waals surface area contributed by atoms with Crippen LogP contribution in [0.5, 0.6) is 11.5 Å². The summed E-state index contributed by atoms with van der Waals surface area (Å²) in [7, 11) is 1.61. The lowest BCUT2D eigenvalue weighted by molar-refractivity contribution is 0.330. The van der Waals surface area contributed by atoms with Gasteiger partial charge in [0.15, 0.2) is 17.5 Å². The minimum absolute atomic E-state index is 0. The molecule has 1 aromatic rings. The summed E-state index contributed by atoms with van der Waals surface area (Å²) < 4.78 is 11.0. The number of benzene rings is 1. The lowest BCUT2D eigenvalue weighted by atomic mass is 10.2. The Hall–Kier alpha value is -1.27. The van der Waals surface area contributed by atoms with Crippen LogP contribution in [0.4, 0.5) is 0 Å². The topological polar surface area (TPSA) is 54.9 Å². The van der Waals surface area contributed by atoms with Crippen molar-refractivity contribution < 1.29 is 9.47 Å². The molecule has 2 N–H and O–H groups in total. The molecule has 0 saturated carbocycles. The van der Waals surface area contributed by atoms with E-state index in [0.717, 1.165) is 24.6 Å². The van der Waals surface area contributed by atoms with Crippen LogP contribution in [-0.2, 0) is 6.54 Å². The number of nitrogens with zero attached hydrogens (tertiary/aromatic N) is 1. The molecule has 5 nitrogen and oxygen atoms in total. The van der Waals surface area contributed by atoms with Gasteiger partial charge in [-0.2, -0.15) is 11.8 Å². The highest BCUT2D eigenvalue weighted by Crippen LogP contribution is 2.28. The Morgan fingerprint density at radius 2 is 2.04 bits per heavy atom. The lowest BCUT2D eigenvalue weighted by Crippen LogP contribution is -2.43. The monoisotopic (exact) mass is 491 g/mol. The van der Waals surface area contributed by atoms with Gasteiger partial charge < -0.3 is 20.1 Å². The van der Waals surface area contributed by atoms with Gasteiger partial charge in [0.05, 0.1) is 13.7 Å². The highest BCUT2D eigenvalue weighted by molar-refractivity contribution is 14.0. The van der Waals surface area contributed by atoms with Crippen LogP contribution in [0.15, 0.2) is 23.2 Å². The third-order valence-electron chi connectivity index (χ3n) is 3.54. The van der Waals surface area contributed by atoms with Gasteiger partial charge in [0.2, 0.25) is 0 Å². The summed E-state index contributed by atoms with van der Waals surface area (Å²) in [5.41, 5.74) is 1.02. The fourth-order valence-corrected chi connectivity index (χ4v) is 2.15. The minimum atomic E-state index is 0. The number of thioether (sulfide) groups is 1. The summed E-state index contributed by atoms with van der Waals surface area (Å²) in [6.45, 7) is 8.84. The summed E-state index contributed by atoms with van der Waals surface area (Å²) in [5.74, 6) is 4.56. The van der Waals surface area contributed by atoms with Crippen LogP contribution in [-0.4, -0.2) is 43.8 Å². The Morgan fingerprint density at radius 1 is 1.31 bits per heavy atom. The van der Waals surface area contributed by atoms with Gasteiger partial charge in [-0.05, 0) is 44.7 Å². The number of terminal acetylenes is 1. The lowest BCUT2D eigenvalue weighted by Gasteiger charge is -2.23. The average molecular weight is 491 g/mol. The summed E-state index contributed by atoms with van der Waals surface area (Å²) in [6.07, 6.45) is 7.37. The Balaban J connectivity index is 0.00000625. The highest BCUT2D eigenvalue weighted by Gasteiger charge is 2.16. The smallest absolute Gasteiger partial charge is 0.191 e. The van der Waals surface area contributed by atoms with E-state index in [9.17, 15) is 0 Å². The zero-order chi connectivity index (χ0) is 18.7. The third-order valence-corrected chi connectivity index (χ3v) is 4.79. The van der Waals surface area contributed by atoms with Crippen molar-refractivity contribution >= 4 is 41.7 Å². The van der Waals surface area contributed by atoms with Crippen molar-refractivity contribution in [2.45, 2.75) is 32.1 Å². The van der Waals surface area contributed by atoms with E-state index < -0.39 is 0 Å². The summed E-state index contributed by atoms with van der Waals surface area (Å²) in [6, 6.07) is 5.75. The number of ether oxygens (including phenoxy) is 2. The molecule has 0 aliphatic carbocycles. The second-order valence-corrected chi connectivity index (χ2v) is 7.50. The molecule has 0 aliphatic heterocycles. The van der Waals surface area contributed by atoms with Gasteiger partial charge in [0, 0.05) is 17.8 Å². The number of methoxy groups -OCH3 is 1. The van der Waals surface area contributed by atoms with Crippen molar-refractivity contribution in [3.05, 3.63) is 23.8 Å². The van der Waals surface area contributed by atoms with Crippen molar-refractivity contribution in [3.8, 4) is 23.8 Å². The molecule has 1 aromatic carbocycles. The Labute approximate surface area is 179 Å². The second-order valence-electron chi connectivity index (χ2n) is 5.99. The fraction of sp³-hybridized carbons (Fsp3) is 0.526.